The summed E-state index contributed by atoms with van der Waals surface area (Å²) in [7, 11) is 0. The van der Waals surface area contributed by atoms with Crippen LogP contribution in [0.15, 0.2) is 18.2 Å². The Balaban J connectivity index is 1.58. The molecule has 2 aliphatic rings. The second-order valence-corrected chi connectivity index (χ2v) is 5.75. The quantitative estimate of drug-likeness (QED) is 0.873. The van der Waals surface area contributed by atoms with Crippen molar-refractivity contribution in [3.8, 4) is 0 Å². The Morgan fingerprint density at radius 3 is 3.05 bits per heavy atom. The summed E-state index contributed by atoms with van der Waals surface area (Å²) >= 11 is 0. The first-order valence-corrected chi connectivity index (χ1v) is 7.50. The highest BCUT2D eigenvalue weighted by molar-refractivity contribution is 5.61. The summed E-state index contributed by atoms with van der Waals surface area (Å²) in [5, 5.41) is 7.21. The van der Waals surface area contributed by atoms with Gasteiger partial charge in [0.25, 0.3) is 0 Å². The zero-order valence-corrected chi connectivity index (χ0v) is 11.7. The fourth-order valence-corrected chi connectivity index (χ4v) is 3.21. The molecule has 1 aromatic carbocycles. The number of ether oxygens (including phenoxy) is 1. The van der Waals surface area contributed by atoms with Crippen molar-refractivity contribution in [1.82, 2.24) is 5.32 Å². The fourth-order valence-electron chi connectivity index (χ4n) is 3.21. The van der Waals surface area contributed by atoms with Crippen LogP contribution in [-0.4, -0.2) is 25.8 Å². The molecular formula is C16H24N2O. The van der Waals surface area contributed by atoms with Crippen LogP contribution in [0.5, 0.6) is 0 Å². The van der Waals surface area contributed by atoms with E-state index in [-0.39, 0.29) is 0 Å². The lowest BCUT2D eigenvalue weighted by atomic mass is 9.93. The molecule has 104 valence electrons. The maximum absolute atomic E-state index is 5.44. The molecule has 1 aromatic rings. The number of anilines is 1. The number of hydrogen-bond donors (Lipinski definition) is 2. The summed E-state index contributed by atoms with van der Waals surface area (Å²) < 4.78 is 5.44. The van der Waals surface area contributed by atoms with E-state index in [2.05, 4.69) is 35.8 Å². The van der Waals surface area contributed by atoms with Gasteiger partial charge >= 0.3 is 0 Å². The van der Waals surface area contributed by atoms with Gasteiger partial charge in [0.15, 0.2) is 0 Å². The van der Waals surface area contributed by atoms with Crippen LogP contribution in [0.2, 0.25) is 0 Å². The number of rotatable bonds is 4. The van der Waals surface area contributed by atoms with E-state index in [1.165, 1.54) is 36.1 Å². The van der Waals surface area contributed by atoms with Crippen LogP contribution < -0.4 is 10.6 Å². The monoisotopic (exact) mass is 260 g/mol. The van der Waals surface area contributed by atoms with E-state index >= 15 is 0 Å². The molecular weight excluding hydrogens is 236 g/mol. The molecule has 1 saturated heterocycles. The lowest BCUT2D eigenvalue weighted by molar-refractivity contribution is 0.0558. The zero-order chi connectivity index (χ0) is 13.1. The van der Waals surface area contributed by atoms with E-state index < -0.39 is 0 Å². The molecule has 1 unspecified atom stereocenters. The van der Waals surface area contributed by atoms with E-state index in [4.69, 9.17) is 4.74 Å². The van der Waals surface area contributed by atoms with Gasteiger partial charge in [-0.05, 0) is 43.2 Å². The van der Waals surface area contributed by atoms with Crippen LogP contribution >= 0.6 is 0 Å². The van der Waals surface area contributed by atoms with Gasteiger partial charge in [-0.15, -0.1) is 0 Å². The van der Waals surface area contributed by atoms with E-state index in [1.54, 1.807) is 0 Å². The molecule has 1 fully saturated rings. The predicted molar refractivity (Wildman–Crippen MR) is 78.5 cm³/mol. The molecule has 3 heteroatoms. The molecule has 0 aromatic heterocycles. The molecule has 2 N–H and O–H groups in total. The first-order chi connectivity index (χ1) is 9.34. The first kappa shape index (κ1) is 12.9. The van der Waals surface area contributed by atoms with Crippen molar-refractivity contribution in [2.24, 2.45) is 5.92 Å². The molecule has 2 heterocycles. The molecule has 0 spiro atoms. The van der Waals surface area contributed by atoms with Crippen LogP contribution in [0, 0.1) is 5.92 Å². The molecule has 0 saturated carbocycles. The molecule has 19 heavy (non-hydrogen) atoms. The van der Waals surface area contributed by atoms with Gasteiger partial charge in [0, 0.05) is 38.0 Å². The first-order valence-electron chi connectivity index (χ1n) is 7.50. The summed E-state index contributed by atoms with van der Waals surface area (Å²) in [4.78, 5) is 0. The molecule has 0 aliphatic carbocycles. The van der Waals surface area contributed by atoms with Gasteiger partial charge < -0.3 is 15.4 Å². The Kier molecular flexibility index (Phi) is 4.04. The molecule has 0 radical (unpaired) electrons. The summed E-state index contributed by atoms with van der Waals surface area (Å²) in [5.41, 5.74) is 4.25. The Hall–Kier alpha value is -1.06. The number of fused-ring (bicyclic) bond motifs is 1. The molecule has 0 bridgehead atoms. The minimum Gasteiger partial charge on any atom is -0.384 e. The van der Waals surface area contributed by atoms with Gasteiger partial charge in [-0.3, -0.25) is 0 Å². The van der Waals surface area contributed by atoms with Crippen molar-refractivity contribution in [3.63, 3.8) is 0 Å². The number of nitrogens with one attached hydrogen (secondary N) is 2. The van der Waals surface area contributed by atoms with Crippen molar-refractivity contribution >= 4 is 5.69 Å². The second kappa shape index (κ2) is 5.93. The largest absolute Gasteiger partial charge is 0.384 e. The average molecular weight is 260 g/mol. The molecule has 3 rings (SSSR count). The van der Waals surface area contributed by atoms with E-state index in [0.717, 1.165) is 32.2 Å². The van der Waals surface area contributed by atoms with Crippen LogP contribution in [0.3, 0.4) is 0 Å². The summed E-state index contributed by atoms with van der Waals surface area (Å²) in [6, 6.07) is 7.23. The highest BCUT2D eigenvalue weighted by Crippen LogP contribution is 2.26. The standard InChI is InChI=1S/C16H24N2O/c1-12(13-6-9-19-10-7-13)18-11-15-4-2-3-14-5-8-17-16(14)15/h2-4,12-13,17-18H,5-11H2,1H3. The van der Waals surface area contributed by atoms with Crippen molar-refractivity contribution in [2.75, 3.05) is 25.1 Å². The Labute approximate surface area is 115 Å². The molecule has 3 nitrogen and oxygen atoms in total. The number of hydrogen-bond acceptors (Lipinski definition) is 3. The smallest absolute Gasteiger partial charge is 0.0469 e. The average Bonchev–Trinajstić information content (AvgIpc) is 2.94. The van der Waals surface area contributed by atoms with Crippen molar-refractivity contribution in [1.29, 1.82) is 0 Å². The third-order valence-corrected chi connectivity index (χ3v) is 4.52. The normalized spacial score (nSPS) is 20.9. The van der Waals surface area contributed by atoms with Gasteiger partial charge in [0.05, 0.1) is 0 Å². The van der Waals surface area contributed by atoms with Gasteiger partial charge in [-0.2, -0.15) is 0 Å². The summed E-state index contributed by atoms with van der Waals surface area (Å²) in [6.07, 6.45) is 3.55. The van der Waals surface area contributed by atoms with E-state index in [0.29, 0.717) is 6.04 Å². The highest BCUT2D eigenvalue weighted by Gasteiger charge is 2.20. The van der Waals surface area contributed by atoms with E-state index in [9.17, 15) is 0 Å². The Morgan fingerprint density at radius 1 is 1.37 bits per heavy atom. The molecule has 0 amide bonds. The van der Waals surface area contributed by atoms with Crippen LogP contribution in [0.4, 0.5) is 5.69 Å². The maximum Gasteiger partial charge on any atom is 0.0469 e. The Morgan fingerprint density at radius 2 is 2.21 bits per heavy atom. The zero-order valence-electron chi connectivity index (χ0n) is 11.7. The lowest BCUT2D eigenvalue weighted by Gasteiger charge is -2.28. The SMILES string of the molecule is CC(NCc1cccc2c1NCC2)C1CCOCC1. The van der Waals surface area contributed by atoms with Crippen LogP contribution in [0.25, 0.3) is 0 Å². The van der Waals surface area contributed by atoms with E-state index in [1.807, 2.05) is 0 Å². The van der Waals surface area contributed by atoms with Gasteiger partial charge in [0.1, 0.15) is 0 Å². The van der Waals surface area contributed by atoms with Crippen LogP contribution in [-0.2, 0) is 17.7 Å². The summed E-state index contributed by atoms with van der Waals surface area (Å²) in [6.45, 7) is 6.22. The predicted octanol–water partition coefficient (Wildman–Crippen LogP) is 2.56. The fraction of sp³-hybridized carbons (Fsp3) is 0.625. The Bertz CT molecular complexity index is 427. The van der Waals surface area contributed by atoms with Gasteiger partial charge in [0.2, 0.25) is 0 Å². The minimum atomic E-state index is 0.571. The van der Waals surface area contributed by atoms with Gasteiger partial charge in [-0.25, -0.2) is 0 Å². The molecule has 1 atom stereocenters. The summed E-state index contributed by atoms with van der Waals surface area (Å²) in [5.74, 6) is 0.762. The topological polar surface area (TPSA) is 33.3 Å². The molecule has 2 aliphatic heterocycles. The third-order valence-electron chi connectivity index (χ3n) is 4.52. The number of benzene rings is 1. The minimum absolute atomic E-state index is 0.571. The van der Waals surface area contributed by atoms with Crippen molar-refractivity contribution in [3.05, 3.63) is 29.3 Å². The van der Waals surface area contributed by atoms with Gasteiger partial charge in [-0.1, -0.05) is 18.2 Å². The van der Waals surface area contributed by atoms with Crippen LogP contribution in [0.1, 0.15) is 30.9 Å². The highest BCUT2D eigenvalue weighted by atomic mass is 16.5. The third kappa shape index (κ3) is 2.93. The van der Waals surface area contributed by atoms with Crippen molar-refractivity contribution in [2.45, 2.75) is 38.8 Å². The second-order valence-electron chi connectivity index (χ2n) is 5.75. The van der Waals surface area contributed by atoms with Crippen molar-refractivity contribution < 1.29 is 4.74 Å². The number of para-hydroxylation sites is 1. The maximum atomic E-state index is 5.44. The lowest BCUT2D eigenvalue weighted by Crippen LogP contribution is -2.36.